The van der Waals surface area contributed by atoms with E-state index in [0.29, 0.717) is 23.0 Å². The highest BCUT2D eigenvalue weighted by molar-refractivity contribution is 9.10. The molecule has 0 amide bonds. The lowest BCUT2D eigenvalue weighted by Crippen LogP contribution is -2.21. The molecule has 0 saturated carbocycles. The molecule has 1 rings (SSSR count). The maximum absolute atomic E-state index is 13.3. The topological polar surface area (TPSA) is 12.0 Å². The van der Waals surface area contributed by atoms with E-state index in [1.165, 1.54) is 12.1 Å². The van der Waals surface area contributed by atoms with Crippen molar-refractivity contribution >= 4 is 15.9 Å². The second kappa shape index (κ2) is 7.24. The summed E-state index contributed by atoms with van der Waals surface area (Å²) in [5.41, 5.74) is 0.663. The Balaban J connectivity index is 2.71. The Labute approximate surface area is 118 Å². The summed E-state index contributed by atoms with van der Waals surface area (Å²) in [4.78, 5) is 0. The van der Waals surface area contributed by atoms with Gasteiger partial charge in [0, 0.05) is 16.9 Å². The van der Waals surface area contributed by atoms with Crippen molar-refractivity contribution in [1.82, 2.24) is 5.32 Å². The molecule has 6 heteroatoms. The molecule has 0 aliphatic heterocycles. The van der Waals surface area contributed by atoms with Crippen molar-refractivity contribution in [1.29, 1.82) is 0 Å². The van der Waals surface area contributed by atoms with Crippen molar-refractivity contribution in [2.24, 2.45) is 0 Å². The first-order chi connectivity index (χ1) is 8.81. The molecule has 0 bridgehead atoms. The second-order valence-electron chi connectivity index (χ2n) is 4.32. The lowest BCUT2D eigenvalue weighted by molar-refractivity contribution is -0.135. The van der Waals surface area contributed by atoms with Gasteiger partial charge in [-0.25, -0.2) is 4.39 Å². The van der Waals surface area contributed by atoms with Crippen molar-refractivity contribution in [3.63, 3.8) is 0 Å². The highest BCUT2D eigenvalue weighted by atomic mass is 79.9. The molecule has 0 fully saturated rings. The molecule has 19 heavy (non-hydrogen) atoms. The first-order valence-corrected chi connectivity index (χ1v) is 6.87. The molecular formula is C13H16BrF4N. The van der Waals surface area contributed by atoms with Gasteiger partial charge >= 0.3 is 6.18 Å². The Morgan fingerprint density at radius 2 is 1.95 bits per heavy atom. The molecule has 0 heterocycles. The Bertz CT molecular complexity index is 386. The predicted octanol–water partition coefficient (Wildman–Crippen LogP) is 4.97. The molecule has 0 radical (unpaired) electrons. The lowest BCUT2D eigenvalue weighted by atomic mass is 10.0. The number of halogens is 5. The zero-order valence-corrected chi connectivity index (χ0v) is 12.1. The molecule has 1 aromatic carbocycles. The Morgan fingerprint density at radius 3 is 2.47 bits per heavy atom. The highest BCUT2D eigenvalue weighted by Crippen LogP contribution is 2.28. The average molecular weight is 342 g/mol. The summed E-state index contributed by atoms with van der Waals surface area (Å²) in [6.45, 7) is 2.48. The molecule has 108 valence electrons. The number of benzene rings is 1. The maximum atomic E-state index is 13.3. The molecule has 0 aliphatic rings. The van der Waals surface area contributed by atoms with Gasteiger partial charge < -0.3 is 5.32 Å². The molecule has 0 aliphatic carbocycles. The quantitative estimate of drug-likeness (QED) is 0.720. The normalized spacial score (nSPS) is 13.6. The van der Waals surface area contributed by atoms with Crippen LogP contribution >= 0.6 is 15.9 Å². The van der Waals surface area contributed by atoms with E-state index in [1.54, 1.807) is 6.07 Å². The van der Waals surface area contributed by atoms with Gasteiger partial charge in [0.15, 0.2) is 0 Å². The van der Waals surface area contributed by atoms with Gasteiger partial charge in [-0.1, -0.05) is 22.9 Å². The van der Waals surface area contributed by atoms with Crippen molar-refractivity contribution in [3.8, 4) is 0 Å². The van der Waals surface area contributed by atoms with E-state index in [-0.39, 0.29) is 12.5 Å². The van der Waals surface area contributed by atoms with Gasteiger partial charge in [-0.2, -0.15) is 13.2 Å². The zero-order valence-electron chi connectivity index (χ0n) is 10.5. The maximum Gasteiger partial charge on any atom is 0.389 e. The van der Waals surface area contributed by atoms with E-state index in [4.69, 9.17) is 0 Å². The SMILES string of the molecule is CCNC(CCCC(F)(F)F)c1cc(F)cc(Br)c1. The molecule has 1 unspecified atom stereocenters. The first-order valence-electron chi connectivity index (χ1n) is 6.08. The van der Waals surface area contributed by atoms with Crippen LogP contribution in [-0.2, 0) is 0 Å². The van der Waals surface area contributed by atoms with Crippen LogP contribution in [0, 0.1) is 5.82 Å². The monoisotopic (exact) mass is 341 g/mol. The van der Waals surface area contributed by atoms with Gasteiger partial charge in [-0.3, -0.25) is 0 Å². The van der Waals surface area contributed by atoms with Gasteiger partial charge in [0.2, 0.25) is 0 Å². The van der Waals surface area contributed by atoms with Crippen LogP contribution in [0.3, 0.4) is 0 Å². The third-order valence-corrected chi connectivity index (χ3v) is 3.15. The van der Waals surface area contributed by atoms with Gasteiger partial charge in [0.25, 0.3) is 0 Å². The molecule has 1 nitrogen and oxygen atoms in total. The Morgan fingerprint density at radius 1 is 1.26 bits per heavy atom. The number of hydrogen-bond acceptors (Lipinski definition) is 1. The molecule has 1 N–H and O–H groups in total. The number of rotatable bonds is 6. The van der Waals surface area contributed by atoms with Crippen LogP contribution in [-0.4, -0.2) is 12.7 Å². The highest BCUT2D eigenvalue weighted by Gasteiger charge is 2.26. The summed E-state index contributed by atoms with van der Waals surface area (Å²) in [5.74, 6) is -0.400. The van der Waals surface area contributed by atoms with E-state index in [1.807, 2.05) is 6.92 Å². The molecule has 1 aromatic rings. The Kier molecular flexibility index (Phi) is 6.26. The number of alkyl halides is 3. The smallest absolute Gasteiger partial charge is 0.310 e. The van der Waals surface area contributed by atoms with Crippen molar-refractivity contribution in [3.05, 3.63) is 34.1 Å². The predicted molar refractivity (Wildman–Crippen MR) is 70.4 cm³/mol. The first kappa shape index (κ1) is 16.4. The van der Waals surface area contributed by atoms with Gasteiger partial charge in [0.1, 0.15) is 5.82 Å². The fourth-order valence-electron chi connectivity index (χ4n) is 1.92. The zero-order chi connectivity index (χ0) is 14.5. The molecular weight excluding hydrogens is 326 g/mol. The van der Waals surface area contributed by atoms with Crippen LogP contribution in [0.25, 0.3) is 0 Å². The van der Waals surface area contributed by atoms with E-state index < -0.39 is 18.4 Å². The van der Waals surface area contributed by atoms with Crippen LogP contribution in [0.5, 0.6) is 0 Å². The van der Waals surface area contributed by atoms with Crippen LogP contribution in [0.4, 0.5) is 17.6 Å². The summed E-state index contributed by atoms with van der Waals surface area (Å²) >= 11 is 3.18. The third kappa shape index (κ3) is 6.38. The van der Waals surface area contributed by atoms with E-state index in [0.717, 1.165) is 0 Å². The minimum atomic E-state index is -4.14. The van der Waals surface area contributed by atoms with Crippen LogP contribution in [0.15, 0.2) is 22.7 Å². The van der Waals surface area contributed by atoms with Gasteiger partial charge in [-0.15, -0.1) is 0 Å². The molecule has 0 saturated heterocycles. The summed E-state index contributed by atoms with van der Waals surface area (Å²) in [6.07, 6.45) is -4.61. The standard InChI is InChI=1S/C13H16BrF4N/c1-2-19-12(4-3-5-13(16,17)18)9-6-10(14)8-11(15)7-9/h6-8,12,19H,2-5H2,1H3. The van der Waals surface area contributed by atoms with Crippen LogP contribution in [0.1, 0.15) is 37.8 Å². The summed E-state index contributed by atoms with van der Waals surface area (Å²) in [6, 6.07) is 4.14. The number of hydrogen-bond donors (Lipinski definition) is 1. The van der Waals surface area contributed by atoms with Gasteiger partial charge in [-0.05, 0) is 43.1 Å². The van der Waals surface area contributed by atoms with Crippen molar-refractivity contribution in [2.45, 2.75) is 38.4 Å². The molecule has 0 spiro atoms. The van der Waals surface area contributed by atoms with E-state index in [2.05, 4.69) is 21.2 Å². The van der Waals surface area contributed by atoms with E-state index >= 15 is 0 Å². The largest absolute Gasteiger partial charge is 0.389 e. The lowest BCUT2D eigenvalue weighted by Gasteiger charge is -2.19. The summed E-state index contributed by atoms with van der Waals surface area (Å²) in [5, 5.41) is 3.08. The van der Waals surface area contributed by atoms with Gasteiger partial charge in [0.05, 0.1) is 0 Å². The fourth-order valence-corrected chi connectivity index (χ4v) is 2.40. The van der Waals surface area contributed by atoms with E-state index in [9.17, 15) is 17.6 Å². The fraction of sp³-hybridized carbons (Fsp3) is 0.538. The third-order valence-electron chi connectivity index (χ3n) is 2.69. The van der Waals surface area contributed by atoms with Crippen LogP contribution in [0.2, 0.25) is 0 Å². The minimum absolute atomic E-state index is 0.0231. The van der Waals surface area contributed by atoms with Crippen molar-refractivity contribution in [2.75, 3.05) is 6.54 Å². The number of nitrogens with one attached hydrogen (secondary N) is 1. The van der Waals surface area contributed by atoms with Crippen molar-refractivity contribution < 1.29 is 17.6 Å². The second-order valence-corrected chi connectivity index (χ2v) is 5.24. The Hall–Kier alpha value is -0.620. The molecule has 1 atom stereocenters. The average Bonchev–Trinajstić information content (AvgIpc) is 2.25. The van der Waals surface area contributed by atoms with Crippen LogP contribution < -0.4 is 5.32 Å². The molecule has 0 aromatic heterocycles. The minimum Gasteiger partial charge on any atom is -0.310 e. The summed E-state index contributed by atoms with van der Waals surface area (Å²) < 4.78 is 50.3. The summed E-state index contributed by atoms with van der Waals surface area (Å²) in [7, 11) is 0.